The molecule has 7 nitrogen and oxygen atoms in total. The monoisotopic (exact) mass is 419 g/mol. The third-order valence-corrected chi connectivity index (χ3v) is 6.71. The first-order valence-electron chi connectivity index (χ1n) is 11.3. The second-order valence-corrected chi connectivity index (χ2v) is 8.68. The van der Waals surface area contributed by atoms with Gasteiger partial charge in [-0.05, 0) is 50.4 Å². The maximum Gasteiger partial charge on any atom is 0.255 e. The van der Waals surface area contributed by atoms with Gasteiger partial charge in [0.25, 0.3) is 5.91 Å². The maximum absolute atomic E-state index is 13.2. The quantitative estimate of drug-likeness (QED) is 0.825. The third kappa shape index (κ3) is 4.14. The number of likely N-dealkylation sites (tertiary alicyclic amines) is 2. The standard InChI is InChI=1S/C24H29N5O2/c30-22-16-26-23-21(29(22)17-18-6-2-1-3-7-18)14-19(15-25-23)24(31)28-12-8-20(9-13-28)27-10-4-5-11-27/h1-3,6-7,14-15,20H,4-5,8-13,16-17H2,(H,25,26). The van der Waals surface area contributed by atoms with Crippen LogP contribution in [0.2, 0.25) is 0 Å². The van der Waals surface area contributed by atoms with Gasteiger partial charge in [0.1, 0.15) is 0 Å². The van der Waals surface area contributed by atoms with E-state index in [1.807, 2.05) is 41.3 Å². The van der Waals surface area contributed by atoms with E-state index < -0.39 is 0 Å². The summed E-state index contributed by atoms with van der Waals surface area (Å²) in [6, 6.07) is 12.3. The summed E-state index contributed by atoms with van der Waals surface area (Å²) < 4.78 is 0. The molecule has 0 bridgehead atoms. The number of pyridine rings is 1. The average Bonchev–Trinajstić information content (AvgIpc) is 3.36. The van der Waals surface area contributed by atoms with Gasteiger partial charge in [-0.1, -0.05) is 30.3 Å². The molecule has 5 rings (SSSR count). The van der Waals surface area contributed by atoms with E-state index in [0.29, 0.717) is 29.7 Å². The highest BCUT2D eigenvalue weighted by molar-refractivity contribution is 6.04. The summed E-state index contributed by atoms with van der Waals surface area (Å²) in [5, 5.41) is 3.08. The molecule has 0 saturated carbocycles. The highest BCUT2D eigenvalue weighted by Gasteiger charge is 2.30. The van der Waals surface area contributed by atoms with Gasteiger partial charge >= 0.3 is 0 Å². The lowest BCUT2D eigenvalue weighted by molar-refractivity contribution is -0.117. The second kappa shape index (κ2) is 8.67. The summed E-state index contributed by atoms with van der Waals surface area (Å²) in [7, 11) is 0. The van der Waals surface area contributed by atoms with Crippen LogP contribution in [0.15, 0.2) is 42.6 Å². The van der Waals surface area contributed by atoms with E-state index in [1.165, 1.54) is 25.9 Å². The van der Waals surface area contributed by atoms with Crippen LogP contribution in [0.4, 0.5) is 11.5 Å². The number of amides is 2. The molecular weight excluding hydrogens is 390 g/mol. The Hall–Kier alpha value is -2.93. The third-order valence-electron chi connectivity index (χ3n) is 6.71. The van der Waals surface area contributed by atoms with Crippen molar-refractivity contribution in [1.82, 2.24) is 14.8 Å². The number of aromatic nitrogens is 1. The van der Waals surface area contributed by atoms with Crippen molar-refractivity contribution in [2.75, 3.05) is 42.9 Å². The Morgan fingerprint density at radius 1 is 1.06 bits per heavy atom. The summed E-state index contributed by atoms with van der Waals surface area (Å²) in [6.07, 6.45) is 6.30. The number of carbonyl (C=O) groups excluding carboxylic acids is 2. The smallest absolute Gasteiger partial charge is 0.255 e. The van der Waals surface area contributed by atoms with Crippen LogP contribution in [0.3, 0.4) is 0 Å². The Morgan fingerprint density at radius 2 is 1.81 bits per heavy atom. The molecule has 0 spiro atoms. The second-order valence-electron chi connectivity index (χ2n) is 8.68. The fraction of sp³-hybridized carbons (Fsp3) is 0.458. The van der Waals surface area contributed by atoms with E-state index >= 15 is 0 Å². The Kier molecular flexibility index (Phi) is 5.59. The molecule has 1 aromatic heterocycles. The van der Waals surface area contributed by atoms with E-state index in [4.69, 9.17) is 0 Å². The minimum atomic E-state index is -0.0193. The van der Waals surface area contributed by atoms with Crippen LogP contribution in [0.25, 0.3) is 0 Å². The molecule has 3 aliphatic heterocycles. The first-order chi connectivity index (χ1) is 15.2. The molecule has 2 fully saturated rings. The summed E-state index contributed by atoms with van der Waals surface area (Å²) >= 11 is 0. The van der Waals surface area contributed by atoms with Crippen molar-refractivity contribution >= 4 is 23.3 Å². The number of rotatable bonds is 4. The van der Waals surface area contributed by atoms with Gasteiger partial charge in [-0.2, -0.15) is 0 Å². The van der Waals surface area contributed by atoms with Gasteiger partial charge in [0.2, 0.25) is 5.91 Å². The number of carbonyl (C=O) groups is 2. The van der Waals surface area contributed by atoms with Crippen LogP contribution < -0.4 is 10.2 Å². The van der Waals surface area contributed by atoms with Crippen LogP contribution in [0.5, 0.6) is 0 Å². The topological polar surface area (TPSA) is 68.8 Å². The van der Waals surface area contributed by atoms with Crippen molar-refractivity contribution in [1.29, 1.82) is 0 Å². The van der Waals surface area contributed by atoms with Crippen molar-refractivity contribution < 1.29 is 9.59 Å². The zero-order valence-electron chi connectivity index (χ0n) is 17.8. The fourth-order valence-corrected chi connectivity index (χ4v) is 4.96. The molecule has 3 aliphatic rings. The van der Waals surface area contributed by atoms with Gasteiger partial charge in [0.15, 0.2) is 5.82 Å². The van der Waals surface area contributed by atoms with Crippen molar-refractivity contribution in [3.05, 3.63) is 53.7 Å². The predicted octanol–water partition coefficient (Wildman–Crippen LogP) is 2.74. The lowest BCUT2D eigenvalue weighted by Crippen LogP contribution is -2.46. The molecule has 0 radical (unpaired) electrons. The SMILES string of the molecule is O=C(c1cnc2c(c1)N(Cc1ccccc1)C(=O)CN2)N1CCC(N2CCCC2)CC1. The zero-order valence-corrected chi connectivity index (χ0v) is 17.8. The highest BCUT2D eigenvalue weighted by atomic mass is 16.2. The summed E-state index contributed by atoms with van der Waals surface area (Å²) in [6.45, 7) is 4.64. The van der Waals surface area contributed by atoms with Gasteiger partial charge in [-0.3, -0.25) is 9.59 Å². The van der Waals surface area contributed by atoms with E-state index in [-0.39, 0.29) is 18.4 Å². The van der Waals surface area contributed by atoms with Crippen molar-refractivity contribution in [3.63, 3.8) is 0 Å². The molecular formula is C24H29N5O2. The van der Waals surface area contributed by atoms with Gasteiger partial charge in [-0.15, -0.1) is 0 Å². The Labute approximate surface area is 183 Å². The highest BCUT2D eigenvalue weighted by Crippen LogP contribution is 2.31. The zero-order chi connectivity index (χ0) is 21.2. The molecule has 7 heteroatoms. The molecule has 31 heavy (non-hydrogen) atoms. The lowest BCUT2D eigenvalue weighted by Gasteiger charge is -2.37. The number of benzene rings is 1. The van der Waals surface area contributed by atoms with Gasteiger partial charge < -0.3 is 20.0 Å². The minimum Gasteiger partial charge on any atom is -0.359 e. The molecule has 0 aliphatic carbocycles. The lowest BCUT2D eigenvalue weighted by atomic mass is 10.0. The molecule has 1 aromatic carbocycles. The summed E-state index contributed by atoms with van der Waals surface area (Å²) in [4.78, 5) is 36.6. The van der Waals surface area contributed by atoms with Crippen LogP contribution in [-0.4, -0.2) is 65.4 Å². The number of nitrogens with one attached hydrogen (secondary N) is 1. The van der Waals surface area contributed by atoms with Crippen molar-refractivity contribution in [2.24, 2.45) is 0 Å². The number of piperidine rings is 1. The molecule has 1 N–H and O–H groups in total. The van der Waals surface area contributed by atoms with Gasteiger partial charge in [0, 0.05) is 25.3 Å². The van der Waals surface area contributed by atoms with Gasteiger partial charge in [0.05, 0.1) is 24.3 Å². The first-order valence-corrected chi connectivity index (χ1v) is 11.3. The van der Waals surface area contributed by atoms with E-state index in [9.17, 15) is 9.59 Å². The average molecular weight is 420 g/mol. The largest absolute Gasteiger partial charge is 0.359 e. The fourth-order valence-electron chi connectivity index (χ4n) is 4.96. The number of hydrogen-bond donors (Lipinski definition) is 1. The van der Waals surface area contributed by atoms with Crippen LogP contribution >= 0.6 is 0 Å². The van der Waals surface area contributed by atoms with Crippen LogP contribution in [-0.2, 0) is 11.3 Å². The first kappa shape index (κ1) is 20.0. The molecule has 4 heterocycles. The number of anilines is 2. The van der Waals surface area contributed by atoms with Crippen molar-refractivity contribution in [3.8, 4) is 0 Å². The predicted molar refractivity (Wildman–Crippen MR) is 120 cm³/mol. The summed E-state index contributed by atoms with van der Waals surface area (Å²) in [5.41, 5.74) is 2.27. The number of hydrogen-bond acceptors (Lipinski definition) is 5. The summed E-state index contributed by atoms with van der Waals surface area (Å²) in [5.74, 6) is 0.641. The maximum atomic E-state index is 13.2. The number of fused-ring (bicyclic) bond motifs is 1. The van der Waals surface area contributed by atoms with E-state index in [2.05, 4.69) is 15.2 Å². The molecule has 0 atom stereocenters. The van der Waals surface area contributed by atoms with Crippen LogP contribution in [0, 0.1) is 0 Å². The van der Waals surface area contributed by atoms with Crippen molar-refractivity contribution in [2.45, 2.75) is 38.3 Å². The Balaban J connectivity index is 1.32. The van der Waals surface area contributed by atoms with E-state index in [0.717, 1.165) is 31.5 Å². The molecule has 2 saturated heterocycles. The Morgan fingerprint density at radius 3 is 2.55 bits per heavy atom. The minimum absolute atomic E-state index is 0.00727. The normalized spacial score (nSPS) is 19.9. The van der Waals surface area contributed by atoms with Crippen LogP contribution in [0.1, 0.15) is 41.6 Å². The molecule has 0 unspecified atom stereocenters. The van der Waals surface area contributed by atoms with Gasteiger partial charge in [-0.25, -0.2) is 4.98 Å². The van der Waals surface area contributed by atoms with E-state index in [1.54, 1.807) is 11.1 Å². The Bertz CT molecular complexity index is 950. The molecule has 2 amide bonds. The molecule has 2 aromatic rings. The number of nitrogens with zero attached hydrogens (tertiary/aromatic N) is 4. The molecule has 162 valence electrons.